The van der Waals surface area contributed by atoms with E-state index in [4.69, 9.17) is 0 Å². The van der Waals surface area contributed by atoms with Gasteiger partial charge in [0.2, 0.25) is 10.0 Å². The maximum Gasteiger partial charge on any atom is 0.251 e. The Kier molecular flexibility index (Phi) is 5.25. The van der Waals surface area contributed by atoms with Crippen molar-refractivity contribution in [3.8, 4) is 0 Å². The van der Waals surface area contributed by atoms with Crippen LogP contribution in [0.5, 0.6) is 0 Å². The quantitative estimate of drug-likeness (QED) is 0.700. The van der Waals surface area contributed by atoms with E-state index in [0.29, 0.717) is 12.0 Å². The molecule has 0 bridgehead atoms. The average Bonchev–Trinajstić information content (AvgIpc) is 2.63. The Morgan fingerprint density at radius 2 is 1.81 bits per heavy atom. The van der Waals surface area contributed by atoms with Crippen LogP contribution in [0.2, 0.25) is 0 Å². The number of hydrogen-bond donors (Lipinski definition) is 2. The number of fused-ring (bicyclic) bond motifs is 1. The topological polar surface area (TPSA) is 79.0 Å². The lowest BCUT2D eigenvalue weighted by atomic mass is 10.1. The number of pyridine rings is 1. The Balaban J connectivity index is 1.73. The van der Waals surface area contributed by atoms with Crippen LogP contribution < -0.4 is 10.3 Å². The van der Waals surface area contributed by atoms with Crippen molar-refractivity contribution in [1.29, 1.82) is 0 Å². The lowest BCUT2D eigenvalue weighted by molar-refractivity contribution is 0.581. The second-order valence-corrected chi connectivity index (χ2v) is 8.08. The number of para-hydroxylation sites is 1. The van der Waals surface area contributed by atoms with Gasteiger partial charge in [-0.1, -0.05) is 37.3 Å². The zero-order valence-corrected chi connectivity index (χ0v) is 15.7. The molecule has 26 heavy (non-hydrogen) atoms. The second kappa shape index (κ2) is 7.43. The summed E-state index contributed by atoms with van der Waals surface area (Å²) in [4.78, 5) is 15.4. The molecule has 1 heterocycles. The summed E-state index contributed by atoms with van der Waals surface area (Å²) in [5.74, 6) is 0. The molecular formula is C20H22N2O3S. The van der Waals surface area contributed by atoms with Gasteiger partial charge in [-0.3, -0.25) is 4.79 Å². The number of nitrogens with one attached hydrogen (secondary N) is 2. The normalized spacial score (nSPS) is 11.8. The highest BCUT2D eigenvalue weighted by Crippen LogP contribution is 2.15. The van der Waals surface area contributed by atoms with Crippen molar-refractivity contribution in [2.45, 2.75) is 31.6 Å². The third-order valence-corrected chi connectivity index (χ3v) is 5.97. The van der Waals surface area contributed by atoms with Crippen molar-refractivity contribution in [3.63, 3.8) is 0 Å². The van der Waals surface area contributed by atoms with Crippen LogP contribution in [0.15, 0.2) is 58.2 Å². The molecule has 0 spiro atoms. The average molecular weight is 370 g/mol. The summed E-state index contributed by atoms with van der Waals surface area (Å²) >= 11 is 0. The molecule has 0 aliphatic rings. The Hall–Kier alpha value is -2.44. The molecule has 3 rings (SSSR count). The predicted molar refractivity (Wildman–Crippen MR) is 104 cm³/mol. The fourth-order valence-electron chi connectivity index (χ4n) is 2.92. The Labute approximate surface area is 153 Å². The fourth-order valence-corrected chi connectivity index (χ4v) is 3.95. The number of aryl methyl sites for hydroxylation is 2. The maximum atomic E-state index is 12.4. The fraction of sp³-hybridized carbons (Fsp3) is 0.250. The summed E-state index contributed by atoms with van der Waals surface area (Å²) in [6.45, 7) is 4.12. The minimum absolute atomic E-state index is 0.165. The van der Waals surface area contributed by atoms with Crippen molar-refractivity contribution >= 4 is 20.9 Å². The molecule has 5 nitrogen and oxygen atoms in total. The van der Waals surface area contributed by atoms with Crippen LogP contribution in [-0.4, -0.2) is 19.9 Å². The number of sulfonamides is 1. The van der Waals surface area contributed by atoms with E-state index in [9.17, 15) is 13.2 Å². The van der Waals surface area contributed by atoms with Crippen LogP contribution in [0, 0.1) is 6.92 Å². The van der Waals surface area contributed by atoms with E-state index in [1.165, 1.54) is 0 Å². The van der Waals surface area contributed by atoms with Crippen LogP contribution in [0.1, 0.15) is 23.6 Å². The SMILES string of the molecule is CCc1ccc(S(=O)(=O)NCCc2cc3cccc(C)c3[nH]c2=O)cc1. The van der Waals surface area contributed by atoms with Crippen molar-refractivity contribution in [3.05, 3.63) is 75.6 Å². The molecule has 6 heteroatoms. The van der Waals surface area contributed by atoms with Gasteiger partial charge in [0, 0.05) is 12.1 Å². The number of rotatable bonds is 6. The second-order valence-electron chi connectivity index (χ2n) is 6.31. The van der Waals surface area contributed by atoms with Gasteiger partial charge >= 0.3 is 0 Å². The van der Waals surface area contributed by atoms with E-state index >= 15 is 0 Å². The first-order valence-corrected chi connectivity index (χ1v) is 10.1. The van der Waals surface area contributed by atoms with Gasteiger partial charge in [0.1, 0.15) is 0 Å². The molecule has 0 unspecified atom stereocenters. The number of aromatic nitrogens is 1. The molecule has 136 valence electrons. The Morgan fingerprint density at radius 1 is 1.08 bits per heavy atom. The summed E-state index contributed by atoms with van der Waals surface area (Å²) in [6, 6.07) is 14.5. The molecule has 2 N–H and O–H groups in total. The van der Waals surface area contributed by atoms with Gasteiger partial charge in [-0.15, -0.1) is 0 Å². The van der Waals surface area contributed by atoms with E-state index in [1.54, 1.807) is 12.1 Å². The standard InChI is InChI=1S/C20H22N2O3S/c1-3-15-7-9-18(10-8-15)26(24,25)21-12-11-17-13-16-6-4-5-14(2)19(16)22-20(17)23/h4-10,13,21H,3,11-12H2,1-2H3,(H,22,23). The summed E-state index contributed by atoms with van der Waals surface area (Å²) < 4.78 is 27.3. The molecule has 0 saturated heterocycles. The van der Waals surface area contributed by atoms with Gasteiger partial charge in [0.25, 0.3) is 5.56 Å². The minimum atomic E-state index is -3.58. The van der Waals surface area contributed by atoms with Gasteiger partial charge in [0.05, 0.1) is 10.4 Å². The third kappa shape index (κ3) is 3.86. The largest absolute Gasteiger partial charge is 0.321 e. The van der Waals surface area contributed by atoms with E-state index in [2.05, 4.69) is 9.71 Å². The van der Waals surface area contributed by atoms with Crippen molar-refractivity contribution in [2.24, 2.45) is 0 Å². The summed E-state index contributed by atoms with van der Waals surface area (Å²) in [5, 5.41) is 0.942. The maximum absolute atomic E-state index is 12.4. The highest BCUT2D eigenvalue weighted by Gasteiger charge is 2.13. The van der Waals surface area contributed by atoms with Crippen molar-refractivity contribution in [2.75, 3.05) is 6.54 Å². The first-order valence-electron chi connectivity index (χ1n) is 8.61. The van der Waals surface area contributed by atoms with Crippen molar-refractivity contribution in [1.82, 2.24) is 9.71 Å². The lowest BCUT2D eigenvalue weighted by Crippen LogP contribution is -2.27. The summed E-state index contributed by atoms with van der Waals surface area (Å²) in [6.07, 6.45) is 1.18. The lowest BCUT2D eigenvalue weighted by Gasteiger charge is -2.08. The third-order valence-electron chi connectivity index (χ3n) is 4.49. The molecule has 0 saturated carbocycles. The summed E-state index contributed by atoms with van der Waals surface area (Å²) in [7, 11) is -3.58. The summed E-state index contributed by atoms with van der Waals surface area (Å²) in [5.41, 5.74) is 3.28. The van der Waals surface area contributed by atoms with E-state index in [-0.39, 0.29) is 17.0 Å². The molecule has 0 radical (unpaired) electrons. The molecule has 0 aliphatic carbocycles. The van der Waals surface area contributed by atoms with E-state index in [0.717, 1.165) is 28.5 Å². The molecule has 3 aromatic rings. The van der Waals surface area contributed by atoms with Crippen LogP contribution in [0.25, 0.3) is 10.9 Å². The molecule has 1 aromatic heterocycles. The van der Waals surface area contributed by atoms with Gasteiger partial charge in [0.15, 0.2) is 0 Å². The minimum Gasteiger partial charge on any atom is -0.321 e. The zero-order valence-electron chi connectivity index (χ0n) is 14.9. The van der Waals surface area contributed by atoms with Crippen molar-refractivity contribution < 1.29 is 8.42 Å². The molecule has 2 aromatic carbocycles. The van der Waals surface area contributed by atoms with Gasteiger partial charge in [-0.25, -0.2) is 13.1 Å². The van der Waals surface area contributed by atoms with Gasteiger partial charge in [-0.05, 0) is 54.5 Å². The highest BCUT2D eigenvalue weighted by atomic mass is 32.2. The molecule has 0 aliphatic heterocycles. The first kappa shape index (κ1) is 18.4. The number of aromatic amines is 1. The Morgan fingerprint density at radius 3 is 2.50 bits per heavy atom. The predicted octanol–water partition coefficient (Wildman–Crippen LogP) is 2.92. The van der Waals surface area contributed by atoms with E-state index in [1.807, 2.05) is 50.2 Å². The smallest absolute Gasteiger partial charge is 0.251 e. The Bertz CT molecular complexity index is 1080. The van der Waals surface area contributed by atoms with E-state index < -0.39 is 10.0 Å². The zero-order chi connectivity index (χ0) is 18.7. The van der Waals surface area contributed by atoms with Gasteiger partial charge in [-0.2, -0.15) is 0 Å². The highest BCUT2D eigenvalue weighted by molar-refractivity contribution is 7.89. The number of hydrogen-bond acceptors (Lipinski definition) is 3. The number of H-pyrrole nitrogens is 1. The molecular weight excluding hydrogens is 348 g/mol. The van der Waals surface area contributed by atoms with Crippen LogP contribution in [0.4, 0.5) is 0 Å². The molecule has 0 fully saturated rings. The van der Waals surface area contributed by atoms with Crippen LogP contribution in [-0.2, 0) is 22.9 Å². The monoisotopic (exact) mass is 370 g/mol. The van der Waals surface area contributed by atoms with Gasteiger partial charge < -0.3 is 4.98 Å². The van der Waals surface area contributed by atoms with Crippen LogP contribution >= 0.6 is 0 Å². The number of benzene rings is 2. The first-order chi connectivity index (χ1) is 12.4. The molecule has 0 amide bonds. The molecule has 0 atom stereocenters. The van der Waals surface area contributed by atoms with Crippen LogP contribution in [0.3, 0.4) is 0 Å².